The van der Waals surface area contributed by atoms with Crippen molar-refractivity contribution in [2.75, 3.05) is 0 Å². The van der Waals surface area contributed by atoms with E-state index in [-0.39, 0.29) is 6.04 Å². The summed E-state index contributed by atoms with van der Waals surface area (Å²) >= 11 is 3.32. The molecule has 0 heterocycles. The third-order valence-electron chi connectivity index (χ3n) is 4.90. The molecule has 3 nitrogen and oxygen atoms in total. The third-order valence-corrected chi connectivity index (χ3v) is 7.00. The fourth-order valence-corrected chi connectivity index (χ4v) is 5.48. The standard InChI is InChI=1S/C15H20BrNO2S/c1-10(15-9-11-2-3-12(15)8-11)17-20(18,19)14-6-4-13(16)5-7-14/h4-7,10-12,15,17H,2-3,8-9H2,1H3. The number of hydrogen-bond acceptors (Lipinski definition) is 2. The highest BCUT2D eigenvalue weighted by molar-refractivity contribution is 9.10. The zero-order chi connectivity index (χ0) is 14.3. The van der Waals surface area contributed by atoms with Crippen molar-refractivity contribution in [1.82, 2.24) is 4.72 Å². The fourth-order valence-electron chi connectivity index (χ4n) is 3.92. The van der Waals surface area contributed by atoms with Gasteiger partial charge < -0.3 is 0 Å². The van der Waals surface area contributed by atoms with E-state index in [9.17, 15) is 8.42 Å². The number of sulfonamides is 1. The van der Waals surface area contributed by atoms with E-state index in [0.717, 1.165) is 16.3 Å². The van der Waals surface area contributed by atoms with Gasteiger partial charge in [0.15, 0.2) is 0 Å². The fraction of sp³-hybridized carbons (Fsp3) is 0.600. The number of fused-ring (bicyclic) bond motifs is 2. The van der Waals surface area contributed by atoms with Crippen LogP contribution in [-0.4, -0.2) is 14.5 Å². The van der Waals surface area contributed by atoms with Crippen LogP contribution in [0.2, 0.25) is 0 Å². The zero-order valence-electron chi connectivity index (χ0n) is 11.5. The molecule has 1 N–H and O–H groups in total. The molecule has 0 aromatic heterocycles. The van der Waals surface area contributed by atoms with Crippen LogP contribution >= 0.6 is 15.9 Å². The molecule has 5 heteroatoms. The monoisotopic (exact) mass is 357 g/mol. The summed E-state index contributed by atoms with van der Waals surface area (Å²) in [6, 6.07) is 6.83. The molecule has 4 unspecified atom stereocenters. The molecule has 2 aliphatic rings. The first-order valence-electron chi connectivity index (χ1n) is 7.23. The normalized spacial score (nSPS) is 30.6. The van der Waals surface area contributed by atoms with Gasteiger partial charge in [-0.25, -0.2) is 13.1 Å². The predicted molar refractivity (Wildman–Crippen MR) is 82.9 cm³/mol. The molecule has 2 saturated carbocycles. The second-order valence-corrected chi connectivity index (χ2v) is 8.83. The van der Waals surface area contributed by atoms with Crippen LogP contribution in [0.25, 0.3) is 0 Å². The lowest BCUT2D eigenvalue weighted by Gasteiger charge is -2.28. The second kappa shape index (κ2) is 5.43. The van der Waals surface area contributed by atoms with Crippen molar-refractivity contribution in [2.24, 2.45) is 17.8 Å². The summed E-state index contributed by atoms with van der Waals surface area (Å²) in [6.07, 6.45) is 5.11. The van der Waals surface area contributed by atoms with Gasteiger partial charge in [0, 0.05) is 10.5 Å². The molecule has 20 heavy (non-hydrogen) atoms. The molecule has 0 radical (unpaired) electrons. The van der Waals surface area contributed by atoms with Crippen molar-refractivity contribution < 1.29 is 8.42 Å². The van der Waals surface area contributed by atoms with Crippen LogP contribution in [0.4, 0.5) is 0 Å². The van der Waals surface area contributed by atoms with Gasteiger partial charge in [0.2, 0.25) is 10.0 Å². The lowest BCUT2D eigenvalue weighted by atomic mass is 9.84. The Morgan fingerprint density at radius 1 is 1.20 bits per heavy atom. The first kappa shape index (κ1) is 14.5. The topological polar surface area (TPSA) is 46.2 Å². The van der Waals surface area contributed by atoms with Crippen molar-refractivity contribution in [3.63, 3.8) is 0 Å². The van der Waals surface area contributed by atoms with E-state index in [2.05, 4.69) is 20.7 Å². The Morgan fingerprint density at radius 2 is 1.90 bits per heavy atom. The van der Waals surface area contributed by atoms with Crippen molar-refractivity contribution in [3.05, 3.63) is 28.7 Å². The van der Waals surface area contributed by atoms with Gasteiger partial charge in [-0.2, -0.15) is 0 Å². The molecular formula is C15H20BrNO2S. The summed E-state index contributed by atoms with van der Waals surface area (Å²) in [5.41, 5.74) is 0. The van der Waals surface area contributed by atoms with E-state index < -0.39 is 10.0 Å². The Hall–Kier alpha value is -0.390. The molecule has 0 aliphatic heterocycles. The quantitative estimate of drug-likeness (QED) is 0.895. The first-order chi connectivity index (χ1) is 9.45. The minimum atomic E-state index is -3.40. The van der Waals surface area contributed by atoms with Crippen LogP contribution < -0.4 is 4.72 Å². The van der Waals surface area contributed by atoms with Crippen LogP contribution in [0.15, 0.2) is 33.6 Å². The molecule has 1 aromatic carbocycles. The van der Waals surface area contributed by atoms with Crippen molar-refractivity contribution in [2.45, 2.75) is 43.5 Å². The minimum absolute atomic E-state index is 0.0268. The molecule has 2 fully saturated rings. The number of hydrogen-bond donors (Lipinski definition) is 1. The van der Waals surface area contributed by atoms with Crippen molar-refractivity contribution in [3.8, 4) is 0 Å². The third kappa shape index (κ3) is 2.81. The maximum absolute atomic E-state index is 12.4. The maximum atomic E-state index is 12.4. The Labute approximate surface area is 129 Å². The van der Waals surface area contributed by atoms with E-state index >= 15 is 0 Å². The number of rotatable bonds is 4. The lowest BCUT2D eigenvalue weighted by molar-refractivity contribution is 0.280. The zero-order valence-corrected chi connectivity index (χ0v) is 14.0. The second-order valence-electron chi connectivity index (χ2n) is 6.20. The van der Waals surface area contributed by atoms with Gasteiger partial charge in [-0.05, 0) is 68.2 Å². The lowest BCUT2D eigenvalue weighted by Crippen LogP contribution is -2.40. The van der Waals surface area contributed by atoms with Crippen LogP contribution in [0.1, 0.15) is 32.6 Å². The van der Waals surface area contributed by atoms with E-state index in [1.807, 2.05) is 6.92 Å². The molecule has 0 saturated heterocycles. The van der Waals surface area contributed by atoms with E-state index in [1.165, 1.54) is 25.7 Å². The molecule has 1 aromatic rings. The summed E-state index contributed by atoms with van der Waals surface area (Å²) in [5.74, 6) is 2.08. The van der Waals surface area contributed by atoms with Gasteiger partial charge in [-0.1, -0.05) is 22.4 Å². The Bertz CT molecular complexity index is 584. The molecular weight excluding hydrogens is 338 g/mol. The molecule has 0 spiro atoms. The summed E-state index contributed by atoms with van der Waals surface area (Å²) in [5, 5.41) is 0. The van der Waals surface area contributed by atoms with Crippen LogP contribution in [0, 0.1) is 17.8 Å². The molecule has 3 rings (SSSR count). The molecule has 2 aliphatic carbocycles. The van der Waals surface area contributed by atoms with Gasteiger partial charge in [0.25, 0.3) is 0 Å². The van der Waals surface area contributed by atoms with Gasteiger partial charge >= 0.3 is 0 Å². The van der Waals surface area contributed by atoms with Crippen molar-refractivity contribution >= 4 is 26.0 Å². The highest BCUT2D eigenvalue weighted by Gasteiger charge is 2.42. The molecule has 4 atom stereocenters. The Morgan fingerprint density at radius 3 is 2.45 bits per heavy atom. The summed E-state index contributed by atoms with van der Waals surface area (Å²) in [6.45, 7) is 2.02. The largest absolute Gasteiger partial charge is 0.240 e. The van der Waals surface area contributed by atoms with Crippen molar-refractivity contribution in [1.29, 1.82) is 0 Å². The van der Waals surface area contributed by atoms with Gasteiger partial charge in [-0.3, -0.25) is 0 Å². The number of nitrogens with one attached hydrogen (secondary N) is 1. The minimum Gasteiger partial charge on any atom is -0.208 e. The van der Waals surface area contributed by atoms with Crippen LogP contribution in [-0.2, 0) is 10.0 Å². The summed E-state index contributed by atoms with van der Waals surface area (Å²) in [4.78, 5) is 0.343. The Balaban J connectivity index is 1.71. The SMILES string of the molecule is CC(NS(=O)(=O)c1ccc(Br)cc1)C1CC2CCC1C2. The predicted octanol–water partition coefficient (Wildman–Crippen LogP) is 3.55. The number of benzene rings is 1. The Kier molecular flexibility index (Phi) is 3.95. The van der Waals surface area contributed by atoms with E-state index in [4.69, 9.17) is 0 Å². The first-order valence-corrected chi connectivity index (χ1v) is 9.51. The van der Waals surface area contributed by atoms with E-state index in [1.54, 1.807) is 24.3 Å². The van der Waals surface area contributed by atoms with Gasteiger partial charge in [0.1, 0.15) is 0 Å². The average Bonchev–Trinajstić information content (AvgIpc) is 3.01. The van der Waals surface area contributed by atoms with Crippen LogP contribution in [0.3, 0.4) is 0 Å². The molecule has 0 amide bonds. The molecule has 110 valence electrons. The maximum Gasteiger partial charge on any atom is 0.240 e. The van der Waals surface area contributed by atoms with Gasteiger partial charge in [-0.15, -0.1) is 0 Å². The van der Waals surface area contributed by atoms with Crippen LogP contribution in [0.5, 0.6) is 0 Å². The van der Waals surface area contributed by atoms with Gasteiger partial charge in [0.05, 0.1) is 4.90 Å². The highest BCUT2D eigenvalue weighted by Crippen LogP contribution is 2.49. The summed E-state index contributed by atoms with van der Waals surface area (Å²) in [7, 11) is -3.40. The summed E-state index contributed by atoms with van der Waals surface area (Å²) < 4.78 is 28.5. The smallest absolute Gasteiger partial charge is 0.208 e. The number of halogens is 1. The highest BCUT2D eigenvalue weighted by atomic mass is 79.9. The molecule has 2 bridgehead atoms. The van der Waals surface area contributed by atoms with E-state index in [0.29, 0.717) is 10.8 Å². The average molecular weight is 358 g/mol.